The molecule has 3 rings (SSSR count). The summed E-state index contributed by atoms with van der Waals surface area (Å²) in [7, 11) is 0. The fourth-order valence-electron chi connectivity index (χ4n) is 2.69. The van der Waals surface area contributed by atoms with Gasteiger partial charge in [-0.1, -0.05) is 36.3 Å². The zero-order chi connectivity index (χ0) is 16.4. The molecule has 0 aliphatic carbocycles. The van der Waals surface area contributed by atoms with Crippen molar-refractivity contribution in [1.82, 2.24) is 0 Å². The maximum Gasteiger partial charge on any atom is 0.128 e. The van der Waals surface area contributed by atoms with Gasteiger partial charge >= 0.3 is 0 Å². The van der Waals surface area contributed by atoms with Crippen molar-refractivity contribution in [1.29, 1.82) is 10.8 Å². The van der Waals surface area contributed by atoms with Gasteiger partial charge in [-0.15, -0.1) is 6.42 Å². The molecule has 1 aliphatic heterocycles. The number of fused-ring (bicyclic) bond motifs is 1. The van der Waals surface area contributed by atoms with Crippen molar-refractivity contribution in [3.8, 4) is 12.3 Å². The number of hydrogen-bond donors (Lipinski definition) is 2. The number of nitrogens with zero attached hydrogens (tertiary/aromatic N) is 2. The van der Waals surface area contributed by atoms with Gasteiger partial charge in [0.05, 0.1) is 17.9 Å². The average Bonchev–Trinajstić information content (AvgIpc) is 2.71. The third kappa shape index (κ3) is 2.65. The van der Waals surface area contributed by atoms with Gasteiger partial charge in [-0.2, -0.15) is 0 Å². The summed E-state index contributed by atoms with van der Waals surface area (Å²) < 4.78 is 0. The highest BCUT2D eigenvalue weighted by Gasteiger charge is 2.24. The summed E-state index contributed by atoms with van der Waals surface area (Å²) >= 11 is 0. The lowest BCUT2D eigenvalue weighted by Crippen LogP contribution is -2.35. The second kappa shape index (κ2) is 5.90. The molecule has 0 bridgehead atoms. The highest BCUT2D eigenvalue weighted by Crippen LogP contribution is 2.28. The number of benzodiazepines with no additional fused rings is 1. The molecule has 0 atom stereocenters. The molecule has 0 fully saturated rings. The number of terminal acetylenes is 1. The third-order valence-electron chi connectivity index (χ3n) is 3.70. The van der Waals surface area contributed by atoms with E-state index in [9.17, 15) is 0 Å². The van der Waals surface area contributed by atoms with Gasteiger partial charge in [0.15, 0.2) is 0 Å². The molecule has 0 saturated heterocycles. The van der Waals surface area contributed by atoms with Crippen LogP contribution in [-0.4, -0.2) is 23.9 Å². The van der Waals surface area contributed by atoms with Crippen LogP contribution < -0.4 is 4.90 Å². The maximum absolute atomic E-state index is 8.24. The van der Waals surface area contributed by atoms with Crippen LogP contribution >= 0.6 is 0 Å². The summed E-state index contributed by atoms with van der Waals surface area (Å²) in [6.07, 6.45) is 5.54. The SMILES string of the molecule is C#Cc1ccc2c(c1)C(c1ccccc1)=NCC(=N)N2C(C)=N. The number of benzene rings is 2. The van der Waals surface area contributed by atoms with E-state index in [4.69, 9.17) is 17.2 Å². The van der Waals surface area contributed by atoms with Gasteiger partial charge in [0.25, 0.3) is 0 Å². The third-order valence-corrected chi connectivity index (χ3v) is 3.70. The number of nitrogens with one attached hydrogen (secondary N) is 2. The van der Waals surface area contributed by atoms with Crippen molar-refractivity contribution in [2.75, 3.05) is 11.4 Å². The molecule has 4 heteroatoms. The number of hydrogen-bond acceptors (Lipinski definition) is 3. The summed E-state index contributed by atoms with van der Waals surface area (Å²) in [6, 6.07) is 15.4. The molecular formula is C19H16N4. The Morgan fingerprint density at radius 2 is 1.96 bits per heavy atom. The first kappa shape index (κ1) is 14.7. The molecule has 0 aromatic heterocycles. The molecule has 2 aromatic rings. The van der Waals surface area contributed by atoms with Crippen molar-refractivity contribution in [3.63, 3.8) is 0 Å². The molecule has 0 radical (unpaired) electrons. The van der Waals surface area contributed by atoms with Crippen LogP contribution in [0.3, 0.4) is 0 Å². The molecule has 2 N–H and O–H groups in total. The minimum atomic E-state index is 0.223. The Kier molecular flexibility index (Phi) is 3.78. The van der Waals surface area contributed by atoms with Crippen LogP contribution in [0.15, 0.2) is 53.5 Å². The van der Waals surface area contributed by atoms with Gasteiger partial charge in [0.2, 0.25) is 0 Å². The van der Waals surface area contributed by atoms with Gasteiger partial charge < -0.3 is 0 Å². The van der Waals surface area contributed by atoms with Crippen molar-refractivity contribution in [2.24, 2.45) is 4.99 Å². The van der Waals surface area contributed by atoms with E-state index in [0.717, 1.165) is 28.1 Å². The van der Waals surface area contributed by atoms with E-state index in [2.05, 4.69) is 10.9 Å². The van der Waals surface area contributed by atoms with Gasteiger partial charge in [-0.25, -0.2) is 0 Å². The van der Waals surface area contributed by atoms with E-state index in [0.29, 0.717) is 0 Å². The normalized spacial score (nSPS) is 13.7. The Labute approximate surface area is 135 Å². The van der Waals surface area contributed by atoms with E-state index < -0.39 is 0 Å². The summed E-state index contributed by atoms with van der Waals surface area (Å²) in [4.78, 5) is 6.22. The smallest absolute Gasteiger partial charge is 0.128 e. The van der Waals surface area contributed by atoms with Gasteiger partial charge in [-0.05, 0) is 25.1 Å². The van der Waals surface area contributed by atoms with E-state index in [1.54, 1.807) is 11.8 Å². The van der Waals surface area contributed by atoms with E-state index in [-0.39, 0.29) is 18.2 Å². The number of amidine groups is 2. The Morgan fingerprint density at radius 1 is 1.22 bits per heavy atom. The highest BCUT2D eigenvalue weighted by molar-refractivity contribution is 6.25. The largest absolute Gasteiger partial charge is 0.288 e. The summed E-state index contributed by atoms with van der Waals surface area (Å²) in [5, 5.41) is 16.2. The predicted octanol–water partition coefficient (Wildman–Crippen LogP) is 3.30. The van der Waals surface area contributed by atoms with Gasteiger partial charge in [-0.3, -0.25) is 20.7 Å². The summed E-state index contributed by atoms with van der Waals surface area (Å²) in [6.45, 7) is 1.89. The van der Waals surface area contributed by atoms with Crippen molar-refractivity contribution < 1.29 is 0 Å². The first-order valence-corrected chi connectivity index (χ1v) is 7.25. The first-order valence-electron chi connectivity index (χ1n) is 7.25. The predicted molar refractivity (Wildman–Crippen MR) is 94.9 cm³/mol. The second-order valence-electron chi connectivity index (χ2n) is 5.27. The highest BCUT2D eigenvalue weighted by atomic mass is 15.2. The Morgan fingerprint density at radius 3 is 2.61 bits per heavy atom. The summed E-state index contributed by atoms with van der Waals surface area (Å²) in [5.74, 6) is 3.21. The van der Waals surface area contributed by atoms with Gasteiger partial charge in [0.1, 0.15) is 11.7 Å². The molecule has 0 unspecified atom stereocenters. The first-order chi connectivity index (χ1) is 11.1. The van der Waals surface area contributed by atoms with Crippen LogP contribution in [0.4, 0.5) is 5.69 Å². The topological polar surface area (TPSA) is 63.3 Å². The average molecular weight is 300 g/mol. The quantitative estimate of drug-likeness (QED) is 0.474. The molecule has 23 heavy (non-hydrogen) atoms. The van der Waals surface area contributed by atoms with Crippen LogP contribution in [0.2, 0.25) is 0 Å². The van der Waals surface area contributed by atoms with E-state index in [1.165, 1.54) is 0 Å². The monoisotopic (exact) mass is 300 g/mol. The van der Waals surface area contributed by atoms with Crippen molar-refractivity contribution in [3.05, 3.63) is 65.2 Å². The molecule has 1 heterocycles. The Bertz CT molecular complexity index is 857. The molecule has 1 aliphatic rings. The van der Waals surface area contributed by atoms with Crippen LogP contribution in [0, 0.1) is 23.2 Å². The maximum atomic E-state index is 8.24. The zero-order valence-corrected chi connectivity index (χ0v) is 12.8. The Hall–Kier alpha value is -3.19. The fraction of sp³-hybridized carbons (Fsp3) is 0.105. The van der Waals surface area contributed by atoms with Crippen molar-refractivity contribution >= 4 is 23.1 Å². The standard InChI is InChI=1S/C19H16N4/c1-3-14-9-10-17-16(11-14)19(15-7-5-4-6-8-15)22-12-18(21)23(17)13(2)20/h1,4-11,20-21H,12H2,2H3. The fourth-order valence-corrected chi connectivity index (χ4v) is 2.69. The molecule has 4 nitrogen and oxygen atoms in total. The lowest BCUT2D eigenvalue weighted by molar-refractivity contribution is 1.20. The molecule has 0 saturated carbocycles. The minimum absolute atomic E-state index is 0.223. The number of aliphatic imine (C=N–C) groups is 1. The van der Waals surface area contributed by atoms with Crippen LogP contribution in [0.25, 0.3) is 0 Å². The Balaban J connectivity index is 2.27. The minimum Gasteiger partial charge on any atom is -0.288 e. The van der Waals surface area contributed by atoms with E-state index >= 15 is 0 Å². The van der Waals surface area contributed by atoms with Crippen LogP contribution in [0.1, 0.15) is 23.6 Å². The molecule has 0 amide bonds. The summed E-state index contributed by atoms with van der Waals surface area (Å²) in [5.41, 5.74) is 4.14. The van der Waals surface area contributed by atoms with Crippen LogP contribution in [0.5, 0.6) is 0 Å². The molecule has 2 aromatic carbocycles. The lowest BCUT2D eigenvalue weighted by atomic mass is 9.98. The second-order valence-corrected chi connectivity index (χ2v) is 5.27. The van der Waals surface area contributed by atoms with E-state index in [1.807, 2.05) is 48.5 Å². The molecular weight excluding hydrogens is 284 g/mol. The molecule has 112 valence electrons. The number of anilines is 1. The van der Waals surface area contributed by atoms with Gasteiger partial charge in [0, 0.05) is 16.7 Å². The van der Waals surface area contributed by atoms with Crippen LogP contribution in [-0.2, 0) is 0 Å². The lowest BCUT2D eigenvalue weighted by Gasteiger charge is -2.23. The number of rotatable bonds is 1. The molecule has 0 spiro atoms. The van der Waals surface area contributed by atoms with Crippen molar-refractivity contribution in [2.45, 2.75) is 6.92 Å². The zero-order valence-electron chi connectivity index (χ0n) is 12.8.